The Morgan fingerprint density at radius 3 is 2.43 bits per heavy atom. The van der Waals surface area contributed by atoms with Gasteiger partial charge in [0.15, 0.2) is 23.0 Å². The number of benzene rings is 4. The van der Waals surface area contributed by atoms with Crippen LogP contribution in [0, 0.1) is 5.92 Å². The molecule has 0 amide bonds. The molecule has 2 bridgehead atoms. The van der Waals surface area contributed by atoms with Crippen molar-refractivity contribution in [3.05, 3.63) is 88.5 Å². The molecule has 0 unspecified atom stereocenters. The molecule has 3 aliphatic rings. The van der Waals surface area contributed by atoms with Crippen molar-refractivity contribution in [1.82, 2.24) is 5.32 Å². The lowest BCUT2D eigenvalue weighted by molar-refractivity contribution is -0.211. The maximum Gasteiger partial charge on any atom is 0.169 e. The van der Waals surface area contributed by atoms with Crippen molar-refractivity contribution in [2.75, 3.05) is 0 Å². The van der Waals surface area contributed by atoms with Crippen LogP contribution in [0.3, 0.4) is 0 Å². The molecule has 1 spiro atoms. The van der Waals surface area contributed by atoms with Crippen LogP contribution < -0.4 is 5.32 Å². The molecule has 46 heavy (non-hydrogen) atoms. The Balaban J connectivity index is 1.06. The molecule has 3 fully saturated rings. The standard InChI is InChI=1S/C39H43NO6/c41-33-18-13-25(20-35(33)43)12-16-30-31-5-3-6-34(42)36(31)38(45)37(44)32(30)17-11-24-7-9-26(10-8-24)23-40-28-21-29-15-14-27-4-1-2-19-39(27,22-28)46-29/h3,5-10,12-13,16,18,20,27-29,40-45H,1-2,4,11,14-15,17,19,21-23H2/b16-12+/t27-,28-,29-,39-/m0/s1. The van der Waals surface area contributed by atoms with E-state index < -0.39 is 0 Å². The van der Waals surface area contributed by atoms with Crippen LogP contribution in [0.2, 0.25) is 0 Å². The lowest BCUT2D eigenvalue weighted by atomic mass is 9.65. The van der Waals surface area contributed by atoms with E-state index in [1.807, 2.05) is 0 Å². The van der Waals surface area contributed by atoms with E-state index >= 15 is 0 Å². The number of nitrogens with one attached hydrogen (secondary N) is 1. The van der Waals surface area contributed by atoms with Gasteiger partial charge in [-0.05, 0) is 103 Å². The van der Waals surface area contributed by atoms with Crippen LogP contribution in [0.4, 0.5) is 0 Å². The van der Waals surface area contributed by atoms with Gasteiger partial charge >= 0.3 is 0 Å². The van der Waals surface area contributed by atoms with Crippen molar-refractivity contribution >= 4 is 22.9 Å². The van der Waals surface area contributed by atoms with Gasteiger partial charge in [-0.15, -0.1) is 0 Å². The van der Waals surface area contributed by atoms with Crippen LogP contribution in [0.5, 0.6) is 28.7 Å². The van der Waals surface area contributed by atoms with Crippen LogP contribution in [-0.2, 0) is 24.1 Å². The Kier molecular flexibility index (Phi) is 8.30. The smallest absolute Gasteiger partial charge is 0.169 e. The minimum Gasteiger partial charge on any atom is -0.507 e. The molecule has 1 saturated carbocycles. The van der Waals surface area contributed by atoms with Crippen LogP contribution in [-0.4, -0.2) is 43.3 Å². The Morgan fingerprint density at radius 2 is 1.61 bits per heavy atom. The molecule has 7 rings (SSSR count). The molecule has 240 valence electrons. The highest BCUT2D eigenvalue weighted by Crippen LogP contribution is 2.50. The lowest BCUT2D eigenvalue weighted by Gasteiger charge is -2.55. The second-order valence-corrected chi connectivity index (χ2v) is 13.5. The van der Waals surface area contributed by atoms with Gasteiger partial charge in [0.05, 0.1) is 17.1 Å². The summed E-state index contributed by atoms with van der Waals surface area (Å²) in [5.41, 5.74) is 4.32. The highest BCUT2D eigenvalue weighted by Gasteiger charge is 2.50. The first-order valence-corrected chi connectivity index (χ1v) is 16.7. The second kappa shape index (κ2) is 12.5. The molecule has 1 aliphatic carbocycles. The first-order valence-electron chi connectivity index (χ1n) is 16.7. The molecule has 2 saturated heterocycles. The van der Waals surface area contributed by atoms with Crippen molar-refractivity contribution in [2.24, 2.45) is 5.92 Å². The molecular formula is C39H43NO6. The van der Waals surface area contributed by atoms with Gasteiger partial charge in [0.25, 0.3) is 0 Å². The Labute approximate surface area is 269 Å². The molecule has 4 atom stereocenters. The summed E-state index contributed by atoms with van der Waals surface area (Å²) in [7, 11) is 0. The molecule has 7 heteroatoms. The van der Waals surface area contributed by atoms with E-state index in [9.17, 15) is 25.5 Å². The Bertz CT molecular complexity index is 1770. The zero-order chi connectivity index (χ0) is 31.8. The molecule has 4 aromatic carbocycles. The third-order valence-electron chi connectivity index (χ3n) is 10.7. The van der Waals surface area contributed by atoms with Crippen molar-refractivity contribution in [2.45, 2.75) is 88.5 Å². The third kappa shape index (κ3) is 5.90. The van der Waals surface area contributed by atoms with Crippen LogP contribution in [0.25, 0.3) is 22.9 Å². The molecule has 4 aromatic rings. The number of rotatable bonds is 8. The number of hydrogen-bond acceptors (Lipinski definition) is 7. The average Bonchev–Trinajstić information content (AvgIpc) is 3.05. The predicted octanol–water partition coefficient (Wildman–Crippen LogP) is 7.68. The van der Waals surface area contributed by atoms with Gasteiger partial charge in [0.1, 0.15) is 5.75 Å². The summed E-state index contributed by atoms with van der Waals surface area (Å²) in [4.78, 5) is 0. The maximum absolute atomic E-state index is 11.1. The Morgan fingerprint density at radius 1 is 0.783 bits per heavy atom. The van der Waals surface area contributed by atoms with Gasteiger partial charge in [0.2, 0.25) is 0 Å². The van der Waals surface area contributed by atoms with Crippen molar-refractivity contribution in [3.63, 3.8) is 0 Å². The van der Waals surface area contributed by atoms with Crippen LogP contribution in [0.1, 0.15) is 79.2 Å². The number of phenolic OH excluding ortho intramolecular Hbond substituents is 5. The molecule has 7 nitrogen and oxygen atoms in total. The monoisotopic (exact) mass is 621 g/mol. The first-order chi connectivity index (χ1) is 22.3. The molecule has 6 N–H and O–H groups in total. The molecule has 2 heterocycles. The predicted molar refractivity (Wildman–Crippen MR) is 180 cm³/mol. The summed E-state index contributed by atoms with van der Waals surface area (Å²) in [6.45, 7) is 0.822. The Hall–Kier alpha value is -4.20. The topological polar surface area (TPSA) is 122 Å². The largest absolute Gasteiger partial charge is 0.507 e. The number of hydrogen-bond donors (Lipinski definition) is 6. The summed E-state index contributed by atoms with van der Waals surface area (Å²) < 4.78 is 6.67. The average molecular weight is 622 g/mol. The van der Waals surface area contributed by atoms with Gasteiger partial charge in [-0.3, -0.25) is 0 Å². The number of aromatic hydroxyl groups is 5. The zero-order valence-electron chi connectivity index (χ0n) is 26.1. The molecular weight excluding hydrogens is 578 g/mol. The summed E-state index contributed by atoms with van der Waals surface area (Å²) in [5, 5.41) is 56.8. The number of ether oxygens (including phenoxy) is 1. The van der Waals surface area contributed by atoms with E-state index in [1.54, 1.807) is 30.4 Å². The zero-order valence-corrected chi connectivity index (χ0v) is 26.1. The fourth-order valence-electron chi connectivity index (χ4n) is 8.27. The second-order valence-electron chi connectivity index (χ2n) is 13.5. The quantitative estimate of drug-likeness (QED) is 0.0881. The summed E-state index contributed by atoms with van der Waals surface area (Å²) >= 11 is 0. The lowest BCUT2D eigenvalue weighted by Crippen LogP contribution is -2.58. The van der Waals surface area contributed by atoms with Crippen molar-refractivity contribution in [1.29, 1.82) is 0 Å². The van der Waals surface area contributed by atoms with Gasteiger partial charge in [-0.1, -0.05) is 67.5 Å². The molecule has 0 radical (unpaired) electrons. The van der Waals surface area contributed by atoms with E-state index in [1.165, 1.54) is 62.3 Å². The van der Waals surface area contributed by atoms with E-state index in [0.29, 0.717) is 47.1 Å². The van der Waals surface area contributed by atoms with E-state index in [4.69, 9.17) is 4.74 Å². The summed E-state index contributed by atoms with van der Waals surface area (Å²) in [6.07, 6.45) is 15.0. The van der Waals surface area contributed by atoms with Gasteiger partial charge in [-0.2, -0.15) is 0 Å². The fourth-order valence-corrected chi connectivity index (χ4v) is 8.27. The molecule has 0 aromatic heterocycles. The molecule has 2 aliphatic heterocycles. The van der Waals surface area contributed by atoms with Gasteiger partial charge in [-0.25, -0.2) is 0 Å². The SMILES string of the molecule is Oc1ccc(/C=C/c2c(CCc3ccc(CN[C@H]4C[C@@H]5CC[C@@H]6CCCC[C@@]6(C4)O5)cc3)c(O)c(O)c3c(O)cccc23)cc1O. The van der Waals surface area contributed by atoms with Crippen molar-refractivity contribution < 1.29 is 30.3 Å². The highest BCUT2D eigenvalue weighted by atomic mass is 16.5. The van der Waals surface area contributed by atoms with E-state index in [0.717, 1.165) is 30.9 Å². The van der Waals surface area contributed by atoms with Gasteiger partial charge in [0, 0.05) is 18.2 Å². The normalized spacial score (nSPS) is 24.3. The highest BCUT2D eigenvalue weighted by molar-refractivity contribution is 6.03. The summed E-state index contributed by atoms with van der Waals surface area (Å²) in [6, 6.07) is 18.6. The van der Waals surface area contributed by atoms with E-state index in [2.05, 4.69) is 29.6 Å². The van der Waals surface area contributed by atoms with E-state index in [-0.39, 0.29) is 39.7 Å². The van der Waals surface area contributed by atoms with Gasteiger partial charge < -0.3 is 35.6 Å². The number of fused-ring (bicyclic) bond motifs is 2. The van der Waals surface area contributed by atoms with Crippen LogP contribution >= 0.6 is 0 Å². The van der Waals surface area contributed by atoms with Crippen LogP contribution in [0.15, 0.2) is 60.7 Å². The minimum atomic E-state index is -0.347. The maximum atomic E-state index is 11.1. The number of phenols is 5. The summed E-state index contributed by atoms with van der Waals surface area (Å²) in [5.74, 6) is -0.442. The fraction of sp³-hybridized carbons (Fsp3) is 0.385. The minimum absolute atomic E-state index is 0.0995. The third-order valence-corrected chi connectivity index (χ3v) is 10.7. The number of aryl methyl sites for hydroxylation is 1. The first kappa shape index (κ1) is 30.5. The van der Waals surface area contributed by atoms with Crippen molar-refractivity contribution in [3.8, 4) is 28.7 Å².